The average molecular weight is 1130 g/mol. The van der Waals surface area contributed by atoms with E-state index in [1.807, 2.05) is 22.7 Å². The fraction of sp³-hybridized carbons (Fsp3) is 0.0244. The summed E-state index contributed by atoms with van der Waals surface area (Å²) >= 11 is 3.73. The molecule has 17 rings (SSSR count). The van der Waals surface area contributed by atoms with Crippen molar-refractivity contribution in [1.29, 1.82) is 0 Å². The van der Waals surface area contributed by atoms with Crippen LogP contribution in [-0.4, -0.2) is 0 Å². The molecule has 13 aromatic carbocycles. The summed E-state index contributed by atoms with van der Waals surface area (Å²) in [6.07, 6.45) is 6.66. The lowest BCUT2D eigenvalue weighted by Crippen LogP contribution is -2.26. The van der Waals surface area contributed by atoms with E-state index < -0.39 is 5.41 Å². The van der Waals surface area contributed by atoms with Crippen LogP contribution < -0.4 is 9.80 Å². The van der Waals surface area contributed by atoms with Crippen molar-refractivity contribution < 1.29 is 0 Å². The molecule has 2 aromatic heterocycles. The van der Waals surface area contributed by atoms with Crippen LogP contribution in [0.25, 0.3) is 108 Å². The van der Waals surface area contributed by atoms with Crippen LogP contribution in [0.5, 0.6) is 0 Å². The molecule has 4 heteroatoms. The van der Waals surface area contributed by atoms with E-state index in [1.54, 1.807) is 0 Å². The van der Waals surface area contributed by atoms with Gasteiger partial charge in [0.05, 0.1) is 26.2 Å². The molecule has 2 nitrogen and oxygen atoms in total. The van der Waals surface area contributed by atoms with Crippen LogP contribution >= 0.6 is 22.7 Å². The minimum atomic E-state index is -0.684. The van der Waals surface area contributed by atoms with Gasteiger partial charge in [0.15, 0.2) is 0 Å². The highest BCUT2D eigenvalue weighted by atomic mass is 32.1. The second kappa shape index (κ2) is 19.9. The van der Waals surface area contributed by atoms with Gasteiger partial charge in [-0.2, -0.15) is 0 Å². The molecule has 0 saturated heterocycles. The van der Waals surface area contributed by atoms with E-state index in [0.717, 1.165) is 56.4 Å². The number of benzene rings is 13. The molecule has 0 N–H and O–H groups in total. The number of allylic oxidation sites excluding steroid dienone is 1. The zero-order valence-corrected chi connectivity index (χ0v) is 48.8. The highest BCUT2D eigenvalue weighted by Crippen LogP contribution is 2.66. The Bertz CT molecular complexity index is 5250. The van der Waals surface area contributed by atoms with Crippen LogP contribution in [0.4, 0.5) is 34.1 Å². The van der Waals surface area contributed by atoms with E-state index in [0.29, 0.717) is 0 Å². The lowest BCUT2D eigenvalue weighted by molar-refractivity contribution is 0.795. The van der Waals surface area contributed by atoms with E-state index in [-0.39, 0.29) is 0 Å². The first-order valence-electron chi connectivity index (χ1n) is 29.5. The van der Waals surface area contributed by atoms with Crippen molar-refractivity contribution in [2.45, 2.75) is 12.3 Å². The second-order valence-corrected chi connectivity index (χ2v) is 24.7. The lowest BCUT2D eigenvalue weighted by Gasteiger charge is -2.32. The van der Waals surface area contributed by atoms with Gasteiger partial charge in [0, 0.05) is 53.7 Å². The van der Waals surface area contributed by atoms with Crippen molar-refractivity contribution in [2.75, 3.05) is 9.80 Å². The molecule has 0 aliphatic heterocycles. The summed E-state index contributed by atoms with van der Waals surface area (Å²) in [5, 5.41) is 7.55. The quantitative estimate of drug-likeness (QED) is 0.135. The van der Waals surface area contributed by atoms with Gasteiger partial charge in [0.1, 0.15) is 0 Å². The molecule has 0 amide bonds. The third-order valence-corrected chi connectivity index (χ3v) is 20.5. The van der Waals surface area contributed by atoms with Gasteiger partial charge in [-0.1, -0.05) is 219 Å². The Morgan fingerprint density at radius 2 is 0.767 bits per heavy atom. The van der Waals surface area contributed by atoms with Crippen molar-refractivity contribution in [3.05, 3.63) is 325 Å². The van der Waals surface area contributed by atoms with Gasteiger partial charge < -0.3 is 9.80 Å². The van der Waals surface area contributed by atoms with E-state index in [9.17, 15) is 0 Å². The second-order valence-electron chi connectivity index (χ2n) is 22.6. The van der Waals surface area contributed by atoms with Crippen molar-refractivity contribution in [2.24, 2.45) is 0 Å². The maximum Gasteiger partial charge on any atom is 0.0726 e. The zero-order chi connectivity index (χ0) is 57.0. The summed E-state index contributed by atoms with van der Waals surface area (Å²) in [7, 11) is 0. The SMILES string of the molecule is C=Cc1c(-c2cccc(N(c3ccccc3)c3cccc4c3sc3ccccc34)c2)cc2c(c1/C=C\C)-c1c(cc(-c3cccc(N(c4ccccc4)c4cccc5c4sc4ccccc45)c3)c3ccccc13)C21c2ccccc2-c2ccccc21. The molecule has 0 bridgehead atoms. The topological polar surface area (TPSA) is 6.48 Å². The molecule has 2 aliphatic carbocycles. The molecular formula is C82H54N2S2. The number of hydrogen-bond donors (Lipinski definition) is 0. The van der Waals surface area contributed by atoms with E-state index >= 15 is 0 Å². The Morgan fingerprint density at radius 3 is 1.31 bits per heavy atom. The van der Waals surface area contributed by atoms with Gasteiger partial charge >= 0.3 is 0 Å². The molecule has 0 radical (unpaired) electrons. The predicted molar refractivity (Wildman–Crippen MR) is 371 cm³/mol. The number of hydrogen-bond acceptors (Lipinski definition) is 4. The van der Waals surface area contributed by atoms with E-state index in [4.69, 9.17) is 0 Å². The van der Waals surface area contributed by atoms with Crippen LogP contribution in [0.1, 0.15) is 40.3 Å². The molecule has 2 aliphatic rings. The molecule has 86 heavy (non-hydrogen) atoms. The number of rotatable bonds is 10. The van der Waals surface area contributed by atoms with Gasteiger partial charge in [-0.05, 0) is 181 Å². The fourth-order valence-electron chi connectivity index (χ4n) is 14.7. The number of nitrogens with zero attached hydrogens (tertiary/aromatic N) is 2. The average Bonchev–Trinajstić information content (AvgIpc) is 1.51. The first-order chi connectivity index (χ1) is 42.6. The first-order valence-corrected chi connectivity index (χ1v) is 31.2. The van der Waals surface area contributed by atoms with Crippen molar-refractivity contribution in [1.82, 2.24) is 0 Å². The first kappa shape index (κ1) is 50.2. The fourth-order valence-corrected chi connectivity index (χ4v) is 17.1. The third-order valence-electron chi connectivity index (χ3n) is 18.1. The third kappa shape index (κ3) is 7.37. The summed E-state index contributed by atoms with van der Waals surface area (Å²) in [4.78, 5) is 4.90. The Hall–Kier alpha value is -10.4. The summed E-state index contributed by atoms with van der Waals surface area (Å²) in [5.41, 5.74) is 23.2. The van der Waals surface area contributed by atoms with Gasteiger partial charge in [-0.25, -0.2) is 0 Å². The summed E-state index contributed by atoms with van der Waals surface area (Å²) in [6.45, 7) is 6.83. The Labute approximate surface area is 508 Å². The van der Waals surface area contributed by atoms with Crippen molar-refractivity contribution in [3.8, 4) is 44.5 Å². The number of anilines is 6. The minimum absolute atomic E-state index is 0.684. The highest BCUT2D eigenvalue weighted by Gasteiger charge is 2.53. The van der Waals surface area contributed by atoms with Crippen LogP contribution in [-0.2, 0) is 5.41 Å². The zero-order valence-electron chi connectivity index (χ0n) is 47.2. The molecule has 1 spiro atoms. The molecular weight excluding hydrogens is 1080 g/mol. The number of para-hydroxylation sites is 2. The standard InChI is InChI=1S/C82H54N2S2/c1-3-25-64-58(4-2)68(52-26-21-32-56(48-52)83(54-28-7-5-8-29-54)74-44-23-40-66-62-37-15-19-46-76(62)85-80(66)74)50-72-78(64)79-65-39-12-11-34-59(65)69(51-73(79)82(72)70-42-17-13-35-60(70)61-36-14-18-43-71(61)82)53-27-22-33-57(49-53)84(55-30-9-6-10-31-55)75-45-24-41-67-63-38-16-20-47-77(63)86-81(67)75/h3-51H,2H2,1H3/b25-3-. The maximum absolute atomic E-state index is 4.67. The molecule has 0 unspecified atom stereocenters. The molecule has 0 fully saturated rings. The van der Waals surface area contributed by atoms with E-state index in [2.05, 4.69) is 321 Å². The van der Waals surface area contributed by atoms with Crippen molar-refractivity contribution >= 4 is 120 Å². The molecule has 404 valence electrons. The normalized spacial score (nSPS) is 12.8. The molecule has 0 atom stereocenters. The maximum atomic E-state index is 4.67. The van der Waals surface area contributed by atoms with Gasteiger partial charge in [-0.15, -0.1) is 22.7 Å². The largest absolute Gasteiger partial charge is 0.309 e. The van der Waals surface area contributed by atoms with Crippen LogP contribution in [0.15, 0.2) is 292 Å². The van der Waals surface area contributed by atoms with Crippen LogP contribution in [0.3, 0.4) is 0 Å². The van der Waals surface area contributed by atoms with Gasteiger partial charge in [0.2, 0.25) is 0 Å². The summed E-state index contributed by atoms with van der Waals surface area (Å²) in [6, 6.07) is 104. The highest BCUT2D eigenvalue weighted by molar-refractivity contribution is 7.26. The molecule has 0 saturated carbocycles. The van der Waals surface area contributed by atoms with Gasteiger partial charge in [0.25, 0.3) is 0 Å². The predicted octanol–water partition coefficient (Wildman–Crippen LogP) is 23.9. The minimum Gasteiger partial charge on any atom is -0.309 e. The van der Waals surface area contributed by atoms with Crippen LogP contribution in [0, 0.1) is 0 Å². The Balaban J connectivity index is 0.915. The number of fused-ring (bicyclic) bond motifs is 18. The van der Waals surface area contributed by atoms with Crippen molar-refractivity contribution in [3.63, 3.8) is 0 Å². The smallest absolute Gasteiger partial charge is 0.0726 e. The van der Waals surface area contributed by atoms with Gasteiger partial charge in [-0.3, -0.25) is 0 Å². The molecule has 15 aromatic rings. The van der Waals surface area contributed by atoms with Crippen LogP contribution in [0.2, 0.25) is 0 Å². The Kier molecular flexibility index (Phi) is 11.6. The summed E-state index contributed by atoms with van der Waals surface area (Å²) < 4.78 is 5.10. The molecule has 2 heterocycles. The summed E-state index contributed by atoms with van der Waals surface area (Å²) in [5.74, 6) is 0. The number of thiophene rings is 2. The lowest BCUT2D eigenvalue weighted by atomic mass is 9.69. The van der Waals surface area contributed by atoms with E-state index in [1.165, 1.54) is 107 Å². The monoisotopic (exact) mass is 1130 g/mol. The Morgan fingerprint density at radius 1 is 0.337 bits per heavy atom.